The molecule has 1 rings (SSSR count). The highest BCUT2D eigenvalue weighted by atomic mass is 16.5. The van der Waals surface area contributed by atoms with E-state index in [0.29, 0.717) is 6.61 Å². The second-order valence-electron chi connectivity index (χ2n) is 4.08. The molecule has 0 amide bonds. The van der Waals surface area contributed by atoms with E-state index in [2.05, 4.69) is 12.2 Å². The Morgan fingerprint density at radius 3 is 2.65 bits per heavy atom. The monoisotopic (exact) mass is 235 g/mol. The van der Waals surface area contributed by atoms with Crippen LogP contribution in [0, 0.1) is 0 Å². The summed E-state index contributed by atoms with van der Waals surface area (Å²) in [6.07, 6.45) is 2.96. The maximum atomic E-state index is 11.8. The van der Waals surface area contributed by atoms with Crippen LogP contribution in [0.1, 0.15) is 31.7 Å². The van der Waals surface area contributed by atoms with Crippen molar-refractivity contribution in [3.8, 4) is 0 Å². The molecule has 0 saturated carbocycles. The molecule has 0 saturated heterocycles. The Labute approximate surface area is 103 Å². The molecule has 0 spiro atoms. The number of unbranched alkanes of at least 4 members (excludes halogenated alkanes) is 1. The van der Waals surface area contributed by atoms with Crippen molar-refractivity contribution in [3.63, 3.8) is 0 Å². The third kappa shape index (κ3) is 5.00. The Bertz CT molecular complexity index is 324. The zero-order valence-corrected chi connectivity index (χ0v) is 10.6. The van der Waals surface area contributed by atoms with Crippen LogP contribution in [0.5, 0.6) is 0 Å². The molecule has 0 aliphatic rings. The minimum atomic E-state index is -0.182. The van der Waals surface area contributed by atoms with E-state index in [4.69, 9.17) is 4.74 Å². The average molecular weight is 235 g/mol. The van der Waals surface area contributed by atoms with Gasteiger partial charge in [-0.25, -0.2) is 0 Å². The zero-order chi connectivity index (χ0) is 12.5. The van der Waals surface area contributed by atoms with Gasteiger partial charge in [-0.05, 0) is 19.0 Å². The molecule has 17 heavy (non-hydrogen) atoms. The lowest BCUT2D eigenvalue weighted by molar-refractivity contribution is -0.147. The fourth-order valence-corrected chi connectivity index (χ4v) is 1.62. The quantitative estimate of drug-likeness (QED) is 0.738. The van der Waals surface area contributed by atoms with Gasteiger partial charge in [-0.2, -0.15) is 0 Å². The second kappa shape index (κ2) is 7.85. The number of carbonyl (C=O) groups excluding carboxylic acids is 1. The highest BCUT2D eigenvalue weighted by Crippen LogP contribution is 2.05. The van der Waals surface area contributed by atoms with Gasteiger partial charge >= 0.3 is 5.97 Å². The third-order valence-corrected chi connectivity index (χ3v) is 2.70. The number of esters is 1. The van der Waals surface area contributed by atoms with Gasteiger partial charge in [0.05, 0.1) is 0 Å². The lowest BCUT2D eigenvalue weighted by Gasteiger charge is -2.14. The summed E-state index contributed by atoms with van der Waals surface area (Å²) in [5.41, 5.74) is 1.02. The zero-order valence-electron chi connectivity index (χ0n) is 10.6. The lowest BCUT2D eigenvalue weighted by atomic mass is 10.1. The first-order valence-electron chi connectivity index (χ1n) is 6.15. The molecule has 0 radical (unpaired) electrons. The first-order valence-corrected chi connectivity index (χ1v) is 6.15. The number of hydrogen-bond donors (Lipinski definition) is 1. The standard InChI is InChI=1S/C14H21NO2/c1-3-4-10-13(15-2)14(16)17-11-12-8-6-5-7-9-12/h5-9,13,15H,3-4,10-11H2,1-2H3/t13-/m0/s1. The van der Waals surface area contributed by atoms with Crippen molar-refractivity contribution >= 4 is 5.97 Å². The molecule has 0 unspecified atom stereocenters. The molecule has 0 bridgehead atoms. The Morgan fingerprint density at radius 2 is 2.06 bits per heavy atom. The number of rotatable bonds is 7. The lowest BCUT2D eigenvalue weighted by Crippen LogP contribution is -2.35. The van der Waals surface area contributed by atoms with Gasteiger partial charge in [-0.15, -0.1) is 0 Å². The number of hydrogen-bond acceptors (Lipinski definition) is 3. The Balaban J connectivity index is 2.37. The van der Waals surface area contributed by atoms with Crippen LogP contribution in [0.15, 0.2) is 30.3 Å². The summed E-state index contributed by atoms with van der Waals surface area (Å²) in [7, 11) is 1.80. The molecular formula is C14H21NO2. The highest BCUT2D eigenvalue weighted by molar-refractivity contribution is 5.75. The summed E-state index contributed by atoms with van der Waals surface area (Å²) in [6.45, 7) is 2.46. The molecular weight excluding hydrogens is 214 g/mol. The van der Waals surface area contributed by atoms with Crippen molar-refractivity contribution in [3.05, 3.63) is 35.9 Å². The topological polar surface area (TPSA) is 38.3 Å². The molecule has 1 aromatic carbocycles. The fraction of sp³-hybridized carbons (Fsp3) is 0.500. The maximum absolute atomic E-state index is 11.8. The SMILES string of the molecule is CCCC[C@H](NC)C(=O)OCc1ccccc1. The first-order chi connectivity index (χ1) is 8.27. The van der Waals surface area contributed by atoms with Crippen molar-refractivity contribution in [2.45, 2.75) is 38.8 Å². The summed E-state index contributed by atoms with van der Waals surface area (Å²) in [5, 5.41) is 3.00. The number of ether oxygens (including phenoxy) is 1. The van der Waals surface area contributed by atoms with Gasteiger partial charge in [0.25, 0.3) is 0 Å². The van der Waals surface area contributed by atoms with E-state index in [9.17, 15) is 4.79 Å². The minimum absolute atomic E-state index is 0.162. The Hall–Kier alpha value is -1.35. The Morgan fingerprint density at radius 1 is 1.35 bits per heavy atom. The van der Waals surface area contributed by atoms with Crippen LogP contribution in [-0.4, -0.2) is 19.1 Å². The van der Waals surface area contributed by atoms with Gasteiger partial charge in [0.1, 0.15) is 12.6 Å². The molecule has 1 N–H and O–H groups in total. The summed E-state index contributed by atoms with van der Waals surface area (Å²) in [5.74, 6) is -0.162. The average Bonchev–Trinajstić information content (AvgIpc) is 2.38. The van der Waals surface area contributed by atoms with Crippen molar-refractivity contribution in [1.29, 1.82) is 0 Å². The molecule has 3 nitrogen and oxygen atoms in total. The summed E-state index contributed by atoms with van der Waals surface area (Å²) < 4.78 is 5.28. The number of benzene rings is 1. The minimum Gasteiger partial charge on any atom is -0.460 e. The third-order valence-electron chi connectivity index (χ3n) is 2.70. The van der Waals surface area contributed by atoms with E-state index in [0.717, 1.165) is 24.8 Å². The van der Waals surface area contributed by atoms with E-state index in [1.54, 1.807) is 7.05 Å². The van der Waals surface area contributed by atoms with Crippen LogP contribution in [0.3, 0.4) is 0 Å². The summed E-state index contributed by atoms with van der Waals surface area (Å²) in [4.78, 5) is 11.8. The molecule has 0 aliphatic heterocycles. The van der Waals surface area contributed by atoms with E-state index in [1.165, 1.54) is 0 Å². The first kappa shape index (κ1) is 13.7. The van der Waals surface area contributed by atoms with Crippen LogP contribution in [-0.2, 0) is 16.1 Å². The molecule has 1 aromatic rings. The van der Waals surface area contributed by atoms with E-state index in [1.807, 2.05) is 30.3 Å². The predicted octanol–water partition coefficient (Wildman–Crippen LogP) is 2.51. The molecule has 94 valence electrons. The molecule has 3 heteroatoms. The predicted molar refractivity (Wildman–Crippen MR) is 68.6 cm³/mol. The van der Waals surface area contributed by atoms with Crippen molar-refractivity contribution in [1.82, 2.24) is 5.32 Å². The van der Waals surface area contributed by atoms with Gasteiger partial charge in [-0.3, -0.25) is 4.79 Å². The van der Waals surface area contributed by atoms with Crippen molar-refractivity contribution in [2.75, 3.05) is 7.05 Å². The van der Waals surface area contributed by atoms with Crippen LogP contribution < -0.4 is 5.32 Å². The van der Waals surface area contributed by atoms with Crippen molar-refractivity contribution in [2.24, 2.45) is 0 Å². The number of carbonyl (C=O) groups is 1. The van der Waals surface area contributed by atoms with Gasteiger partial charge in [0.2, 0.25) is 0 Å². The normalized spacial score (nSPS) is 12.1. The van der Waals surface area contributed by atoms with E-state index < -0.39 is 0 Å². The fourth-order valence-electron chi connectivity index (χ4n) is 1.62. The second-order valence-corrected chi connectivity index (χ2v) is 4.08. The van der Waals surface area contributed by atoms with Crippen LogP contribution >= 0.6 is 0 Å². The number of likely N-dealkylation sites (N-methyl/N-ethyl adjacent to an activating group) is 1. The van der Waals surface area contributed by atoms with E-state index in [-0.39, 0.29) is 12.0 Å². The van der Waals surface area contributed by atoms with Crippen molar-refractivity contribution < 1.29 is 9.53 Å². The molecule has 0 aromatic heterocycles. The maximum Gasteiger partial charge on any atom is 0.323 e. The molecule has 0 heterocycles. The largest absolute Gasteiger partial charge is 0.460 e. The molecule has 1 atom stereocenters. The van der Waals surface area contributed by atoms with Gasteiger partial charge in [0.15, 0.2) is 0 Å². The molecule has 0 fully saturated rings. The Kier molecular flexibility index (Phi) is 6.33. The van der Waals surface area contributed by atoms with Gasteiger partial charge in [-0.1, -0.05) is 50.1 Å². The van der Waals surface area contributed by atoms with Crippen LogP contribution in [0.4, 0.5) is 0 Å². The van der Waals surface area contributed by atoms with Crippen LogP contribution in [0.25, 0.3) is 0 Å². The van der Waals surface area contributed by atoms with Gasteiger partial charge < -0.3 is 10.1 Å². The van der Waals surface area contributed by atoms with E-state index >= 15 is 0 Å². The summed E-state index contributed by atoms with van der Waals surface area (Å²) in [6, 6.07) is 9.55. The smallest absolute Gasteiger partial charge is 0.323 e. The number of nitrogens with one attached hydrogen (secondary N) is 1. The summed E-state index contributed by atoms with van der Waals surface area (Å²) >= 11 is 0. The molecule has 0 aliphatic carbocycles. The highest BCUT2D eigenvalue weighted by Gasteiger charge is 2.16. The van der Waals surface area contributed by atoms with Gasteiger partial charge in [0, 0.05) is 0 Å². The van der Waals surface area contributed by atoms with Crippen LogP contribution in [0.2, 0.25) is 0 Å².